The van der Waals surface area contributed by atoms with Crippen LogP contribution in [0, 0.1) is 6.92 Å². The normalized spacial score (nSPS) is 12.9. The lowest BCUT2D eigenvalue weighted by Gasteiger charge is -2.12. The van der Waals surface area contributed by atoms with Crippen molar-refractivity contribution in [2.24, 2.45) is 0 Å². The third-order valence-electron chi connectivity index (χ3n) is 2.68. The van der Waals surface area contributed by atoms with Crippen molar-refractivity contribution in [1.29, 1.82) is 0 Å². The first-order valence-electron chi connectivity index (χ1n) is 4.95. The van der Waals surface area contributed by atoms with E-state index in [0.29, 0.717) is 6.04 Å². The molecule has 1 N–H and O–H groups in total. The fourth-order valence-corrected chi connectivity index (χ4v) is 1.55. The van der Waals surface area contributed by atoms with Crippen LogP contribution in [-0.2, 0) is 6.42 Å². The van der Waals surface area contributed by atoms with Crippen molar-refractivity contribution in [1.82, 2.24) is 5.32 Å². The fraction of sp³-hybridized carbons (Fsp3) is 0.500. The Balaban J connectivity index is 2.95. The number of nitrogens with one attached hydrogen (secondary N) is 1. The van der Waals surface area contributed by atoms with Crippen LogP contribution in [0.1, 0.15) is 36.6 Å². The summed E-state index contributed by atoms with van der Waals surface area (Å²) in [4.78, 5) is 0. The molecule has 0 amide bonds. The molecular weight excluding hydrogens is 158 g/mol. The summed E-state index contributed by atoms with van der Waals surface area (Å²) < 4.78 is 0. The van der Waals surface area contributed by atoms with Gasteiger partial charge in [0.05, 0.1) is 0 Å². The van der Waals surface area contributed by atoms with Crippen LogP contribution in [0.15, 0.2) is 18.2 Å². The minimum absolute atomic E-state index is 0.449. The van der Waals surface area contributed by atoms with Crippen LogP contribution in [0.2, 0.25) is 0 Å². The SMILES string of the molecule is CCc1ccc(C(C)NC)cc1C. The van der Waals surface area contributed by atoms with E-state index in [-0.39, 0.29) is 0 Å². The Kier molecular flexibility index (Phi) is 3.49. The molecule has 0 radical (unpaired) electrons. The number of hydrogen-bond donors (Lipinski definition) is 1. The molecule has 1 aromatic rings. The van der Waals surface area contributed by atoms with Gasteiger partial charge in [0.15, 0.2) is 0 Å². The monoisotopic (exact) mass is 177 g/mol. The summed E-state index contributed by atoms with van der Waals surface area (Å²) in [5, 5.41) is 3.25. The van der Waals surface area contributed by atoms with Crippen LogP contribution >= 0.6 is 0 Å². The molecule has 1 unspecified atom stereocenters. The van der Waals surface area contributed by atoms with Crippen molar-refractivity contribution in [2.75, 3.05) is 7.05 Å². The second kappa shape index (κ2) is 4.43. The Hall–Kier alpha value is -0.820. The smallest absolute Gasteiger partial charge is 0.0289 e. The van der Waals surface area contributed by atoms with Gasteiger partial charge in [-0.25, -0.2) is 0 Å². The molecular formula is C12H19N. The van der Waals surface area contributed by atoms with Crippen molar-refractivity contribution in [2.45, 2.75) is 33.2 Å². The van der Waals surface area contributed by atoms with Crippen molar-refractivity contribution in [3.05, 3.63) is 34.9 Å². The Morgan fingerprint density at radius 2 is 2.08 bits per heavy atom. The number of aryl methyl sites for hydroxylation is 2. The molecule has 0 spiro atoms. The average Bonchev–Trinajstić information content (AvgIpc) is 2.16. The molecule has 1 atom stereocenters. The van der Waals surface area contributed by atoms with E-state index in [1.165, 1.54) is 16.7 Å². The van der Waals surface area contributed by atoms with Gasteiger partial charge >= 0.3 is 0 Å². The zero-order valence-electron chi connectivity index (χ0n) is 9.02. The van der Waals surface area contributed by atoms with Gasteiger partial charge in [-0.2, -0.15) is 0 Å². The molecule has 0 heterocycles. The second-order valence-electron chi connectivity index (χ2n) is 3.55. The van der Waals surface area contributed by atoms with Crippen LogP contribution < -0.4 is 5.32 Å². The van der Waals surface area contributed by atoms with Gasteiger partial charge < -0.3 is 5.32 Å². The van der Waals surface area contributed by atoms with Gasteiger partial charge in [-0.15, -0.1) is 0 Å². The molecule has 0 saturated heterocycles. The third kappa shape index (κ3) is 2.31. The van der Waals surface area contributed by atoms with Crippen LogP contribution in [0.5, 0.6) is 0 Å². The quantitative estimate of drug-likeness (QED) is 0.748. The second-order valence-corrected chi connectivity index (χ2v) is 3.55. The summed E-state index contributed by atoms with van der Waals surface area (Å²) in [6.45, 7) is 6.56. The van der Waals surface area contributed by atoms with E-state index < -0.39 is 0 Å². The van der Waals surface area contributed by atoms with E-state index in [2.05, 4.69) is 44.3 Å². The molecule has 1 nitrogen and oxygen atoms in total. The summed E-state index contributed by atoms with van der Waals surface area (Å²) in [7, 11) is 1.99. The average molecular weight is 177 g/mol. The Morgan fingerprint density at radius 1 is 1.38 bits per heavy atom. The van der Waals surface area contributed by atoms with Crippen LogP contribution in [0.25, 0.3) is 0 Å². The fourth-order valence-electron chi connectivity index (χ4n) is 1.55. The van der Waals surface area contributed by atoms with Crippen LogP contribution in [0.3, 0.4) is 0 Å². The lowest BCUT2D eigenvalue weighted by molar-refractivity contribution is 0.651. The first-order chi connectivity index (χ1) is 6.19. The highest BCUT2D eigenvalue weighted by Crippen LogP contribution is 2.17. The molecule has 0 saturated carbocycles. The van der Waals surface area contributed by atoms with E-state index in [1.54, 1.807) is 0 Å². The van der Waals surface area contributed by atoms with Gasteiger partial charge in [0.1, 0.15) is 0 Å². The van der Waals surface area contributed by atoms with Gasteiger partial charge in [-0.3, -0.25) is 0 Å². The van der Waals surface area contributed by atoms with Gasteiger partial charge in [-0.1, -0.05) is 25.1 Å². The molecule has 13 heavy (non-hydrogen) atoms. The number of hydrogen-bond acceptors (Lipinski definition) is 1. The largest absolute Gasteiger partial charge is 0.313 e. The summed E-state index contributed by atoms with van der Waals surface area (Å²) >= 11 is 0. The zero-order chi connectivity index (χ0) is 9.84. The highest BCUT2D eigenvalue weighted by Gasteiger charge is 2.03. The molecule has 72 valence electrons. The maximum atomic E-state index is 3.25. The van der Waals surface area contributed by atoms with E-state index >= 15 is 0 Å². The third-order valence-corrected chi connectivity index (χ3v) is 2.68. The van der Waals surface area contributed by atoms with Crippen molar-refractivity contribution < 1.29 is 0 Å². The summed E-state index contributed by atoms with van der Waals surface area (Å²) in [6.07, 6.45) is 1.13. The Labute approximate surface area is 81.2 Å². The van der Waals surface area contributed by atoms with E-state index in [4.69, 9.17) is 0 Å². The molecule has 0 bridgehead atoms. The van der Waals surface area contributed by atoms with Crippen LogP contribution in [0.4, 0.5) is 0 Å². The Bertz CT molecular complexity index is 278. The Morgan fingerprint density at radius 3 is 2.54 bits per heavy atom. The number of rotatable bonds is 3. The molecule has 1 aromatic carbocycles. The predicted molar refractivity (Wildman–Crippen MR) is 58.0 cm³/mol. The first kappa shape index (κ1) is 10.3. The summed E-state index contributed by atoms with van der Waals surface area (Å²) in [5.41, 5.74) is 4.23. The van der Waals surface area contributed by atoms with Gasteiger partial charge in [0.25, 0.3) is 0 Å². The highest BCUT2D eigenvalue weighted by atomic mass is 14.8. The highest BCUT2D eigenvalue weighted by molar-refractivity contribution is 5.32. The molecule has 0 aromatic heterocycles. The predicted octanol–water partition coefficient (Wildman–Crippen LogP) is 2.84. The van der Waals surface area contributed by atoms with Crippen LogP contribution in [-0.4, -0.2) is 7.05 Å². The molecule has 0 aliphatic heterocycles. The summed E-state index contributed by atoms with van der Waals surface area (Å²) in [5.74, 6) is 0. The molecule has 0 fully saturated rings. The summed E-state index contributed by atoms with van der Waals surface area (Å²) in [6, 6.07) is 7.18. The molecule has 1 rings (SSSR count). The maximum Gasteiger partial charge on any atom is 0.0289 e. The first-order valence-corrected chi connectivity index (χ1v) is 4.95. The van der Waals surface area contributed by atoms with Gasteiger partial charge in [-0.05, 0) is 44.0 Å². The van der Waals surface area contributed by atoms with E-state index in [0.717, 1.165) is 6.42 Å². The van der Waals surface area contributed by atoms with Crippen molar-refractivity contribution in [3.8, 4) is 0 Å². The molecule has 0 aliphatic rings. The molecule has 1 heteroatoms. The zero-order valence-corrected chi connectivity index (χ0v) is 9.02. The van der Waals surface area contributed by atoms with Crippen molar-refractivity contribution in [3.63, 3.8) is 0 Å². The topological polar surface area (TPSA) is 12.0 Å². The lowest BCUT2D eigenvalue weighted by atomic mass is 10.00. The van der Waals surface area contributed by atoms with E-state index in [9.17, 15) is 0 Å². The minimum atomic E-state index is 0.449. The van der Waals surface area contributed by atoms with Gasteiger partial charge in [0.2, 0.25) is 0 Å². The maximum absolute atomic E-state index is 3.25. The molecule has 0 aliphatic carbocycles. The van der Waals surface area contributed by atoms with E-state index in [1.807, 2.05) is 7.05 Å². The van der Waals surface area contributed by atoms with Crippen molar-refractivity contribution >= 4 is 0 Å². The lowest BCUT2D eigenvalue weighted by Crippen LogP contribution is -2.12. The minimum Gasteiger partial charge on any atom is -0.313 e. The van der Waals surface area contributed by atoms with Gasteiger partial charge in [0, 0.05) is 6.04 Å². The standard InChI is InChI=1S/C12H19N/c1-5-11-6-7-12(8-9(11)2)10(3)13-4/h6-8,10,13H,5H2,1-4H3. The number of benzene rings is 1.